The average molecular weight is 279 g/mol. The number of hydrogen-bond donors (Lipinski definition) is 2. The van der Waals surface area contributed by atoms with E-state index in [0.717, 1.165) is 12.8 Å². The van der Waals surface area contributed by atoms with Gasteiger partial charge in [-0.2, -0.15) is 0 Å². The normalized spacial score (nSPS) is 23.3. The molecule has 0 heterocycles. The van der Waals surface area contributed by atoms with Gasteiger partial charge in [0.25, 0.3) is 6.43 Å². The predicted molar refractivity (Wildman–Crippen MR) is 62.9 cm³/mol. The number of carbonyl (C=O) groups excluding carboxylic acids is 1. The second kappa shape index (κ2) is 8.04. The number of halogens is 2. The van der Waals surface area contributed by atoms with Crippen molar-refractivity contribution in [3.63, 3.8) is 0 Å². The second-order valence-electron chi connectivity index (χ2n) is 4.59. The van der Waals surface area contributed by atoms with Crippen LogP contribution >= 0.6 is 0 Å². The van der Waals surface area contributed by atoms with Crippen LogP contribution in [0, 0.1) is 11.8 Å². The number of hydrogen-bond acceptors (Lipinski definition) is 3. The van der Waals surface area contributed by atoms with Crippen LogP contribution in [0.1, 0.15) is 25.7 Å². The third-order valence-electron chi connectivity index (χ3n) is 3.21. The minimum Gasteiger partial charge on any atom is -0.481 e. The van der Waals surface area contributed by atoms with Gasteiger partial charge in [0.15, 0.2) is 0 Å². The molecule has 0 aromatic rings. The summed E-state index contributed by atoms with van der Waals surface area (Å²) in [5.74, 6) is -2.45. The van der Waals surface area contributed by atoms with Crippen LogP contribution in [-0.2, 0) is 14.3 Å². The Kier molecular flexibility index (Phi) is 6.69. The Balaban J connectivity index is 2.29. The minimum absolute atomic E-state index is 0.000534. The number of carboxylic acids is 1. The van der Waals surface area contributed by atoms with Crippen LogP contribution in [0.2, 0.25) is 0 Å². The highest BCUT2D eigenvalue weighted by molar-refractivity contribution is 5.84. The highest BCUT2D eigenvalue weighted by atomic mass is 19.3. The van der Waals surface area contributed by atoms with E-state index in [1.54, 1.807) is 0 Å². The molecule has 1 saturated carbocycles. The Labute approximate surface area is 110 Å². The monoisotopic (exact) mass is 279 g/mol. The fraction of sp³-hybridized carbons (Fsp3) is 0.833. The summed E-state index contributed by atoms with van der Waals surface area (Å²) in [6.45, 7) is -0.536. The van der Waals surface area contributed by atoms with Crippen LogP contribution in [0.15, 0.2) is 0 Å². The lowest BCUT2D eigenvalue weighted by Crippen LogP contribution is -2.40. The number of rotatable bonds is 7. The van der Waals surface area contributed by atoms with E-state index in [1.165, 1.54) is 0 Å². The van der Waals surface area contributed by atoms with E-state index in [4.69, 9.17) is 5.11 Å². The fourth-order valence-electron chi connectivity index (χ4n) is 2.29. The van der Waals surface area contributed by atoms with Crippen LogP contribution in [-0.4, -0.2) is 43.2 Å². The van der Waals surface area contributed by atoms with E-state index in [2.05, 4.69) is 10.1 Å². The van der Waals surface area contributed by atoms with Crippen molar-refractivity contribution in [2.75, 3.05) is 19.8 Å². The number of amides is 1. The number of carbonyl (C=O) groups is 2. The molecule has 0 aromatic heterocycles. The molecule has 1 fully saturated rings. The van der Waals surface area contributed by atoms with Crippen molar-refractivity contribution in [1.29, 1.82) is 0 Å². The van der Waals surface area contributed by atoms with E-state index in [1.807, 2.05) is 0 Å². The molecule has 19 heavy (non-hydrogen) atoms. The molecule has 7 heteroatoms. The van der Waals surface area contributed by atoms with Crippen LogP contribution in [0.3, 0.4) is 0 Å². The molecule has 1 aliphatic carbocycles. The zero-order valence-corrected chi connectivity index (χ0v) is 10.6. The summed E-state index contributed by atoms with van der Waals surface area (Å²) in [6.07, 6.45) is 0.197. The molecule has 0 aliphatic heterocycles. The third kappa shape index (κ3) is 5.50. The van der Waals surface area contributed by atoms with Crippen molar-refractivity contribution in [2.45, 2.75) is 32.1 Å². The minimum atomic E-state index is -2.52. The molecule has 0 radical (unpaired) electrons. The smallest absolute Gasteiger partial charge is 0.307 e. The molecule has 0 unspecified atom stereocenters. The maximum Gasteiger partial charge on any atom is 0.307 e. The van der Waals surface area contributed by atoms with Gasteiger partial charge in [0.2, 0.25) is 5.91 Å². The zero-order valence-electron chi connectivity index (χ0n) is 10.6. The first-order valence-electron chi connectivity index (χ1n) is 6.38. The van der Waals surface area contributed by atoms with Crippen LogP contribution in [0.25, 0.3) is 0 Å². The first kappa shape index (κ1) is 15.8. The molecule has 110 valence electrons. The quantitative estimate of drug-likeness (QED) is 0.688. The van der Waals surface area contributed by atoms with Gasteiger partial charge < -0.3 is 15.2 Å². The molecule has 1 rings (SSSR count). The number of alkyl halides is 2. The molecule has 0 bridgehead atoms. The second-order valence-corrected chi connectivity index (χ2v) is 4.59. The summed E-state index contributed by atoms with van der Waals surface area (Å²) in [6, 6.07) is 0. The summed E-state index contributed by atoms with van der Waals surface area (Å²) in [4.78, 5) is 22.9. The Morgan fingerprint density at radius 3 is 2.47 bits per heavy atom. The Morgan fingerprint density at radius 2 is 1.89 bits per heavy atom. The summed E-state index contributed by atoms with van der Waals surface area (Å²) in [7, 11) is 0. The molecule has 5 nitrogen and oxygen atoms in total. The van der Waals surface area contributed by atoms with Crippen molar-refractivity contribution in [1.82, 2.24) is 5.32 Å². The summed E-state index contributed by atoms with van der Waals surface area (Å²) in [5, 5.41) is 11.6. The van der Waals surface area contributed by atoms with Gasteiger partial charge in [-0.3, -0.25) is 9.59 Å². The van der Waals surface area contributed by atoms with Crippen molar-refractivity contribution >= 4 is 11.9 Å². The number of aliphatic carboxylic acids is 1. The van der Waals surface area contributed by atoms with Crippen molar-refractivity contribution in [3.8, 4) is 0 Å². The average Bonchev–Trinajstić information content (AvgIpc) is 2.37. The maximum absolute atomic E-state index is 11.8. The van der Waals surface area contributed by atoms with Gasteiger partial charge >= 0.3 is 5.97 Å². The maximum atomic E-state index is 11.8. The van der Waals surface area contributed by atoms with Crippen molar-refractivity contribution in [2.24, 2.45) is 11.8 Å². The van der Waals surface area contributed by atoms with Crippen molar-refractivity contribution in [3.05, 3.63) is 0 Å². The highest BCUT2D eigenvalue weighted by Gasteiger charge is 2.35. The van der Waals surface area contributed by atoms with E-state index >= 15 is 0 Å². The van der Waals surface area contributed by atoms with Gasteiger partial charge in [-0.1, -0.05) is 12.8 Å². The van der Waals surface area contributed by atoms with E-state index in [-0.39, 0.29) is 19.1 Å². The molecular weight excluding hydrogens is 260 g/mol. The molecule has 1 aliphatic rings. The summed E-state index contributed by atoms with van der Waals surface area (Å²) >= 11 is 0. The Morgan fingerprint density at radius 1 is 1.26 bits per heavy atom. The lowest BCUT2D eigenvalue weighted by Gasteiger charge is -2.27. The number of carboxylic acid groups (broad SMARTS) is 1. The topological polar surface area (TPSA) is 75.6 Å². The predicted octanol–water partition coefficient (Wildman–Crippen LogP) is 1.28. The molecule has 0 aromatic carbocycles. The van der Waals surface area contributed by atoms with Gasteiger partial charge in [0.05, 0.1) is 18.4 Å². The molecular formula is C12H19F2NO4. The van der Waals surface area contributed by atoms with Gasteiger partial charge in [-0.15, -0.1) is 0 Å². The van der Waals surface area contributed by atoms with Crippen LogP contribution in [0.4, 0.5) is 8.78 Å². The molecule has 0 saturated heterocycles. The first-order valence-corrected chi connectivity index (χ1v) is 6.38. The summed E-state index contributed by atoms with van der Waals surface area (Å²) in [5.41, 5.74) is 0. The first-order chi connectivity index (χ1) is 9.02. The largest absolute Gasteiger partial charge is 0.481 e. The number of nitrogens with one attached hydrogen (secondary N) is 1. The SMILES string of the molecule is O=C(O)[C@H]1CCCC[C@H]1C(=O)NCCOCC(F)F. The van der Waals surface area contributed by atoms with E-state index < -0.39 is 30.8 Å². The molecule has 0 spiro atoms. The Hall–Kier alpha value is -1.24. The lowest BCUT2D eigenvalue weighted by molar-refractivity contribution is -0.149. The van der Waals surface area contributed by atoms with Crippen LogP contribution < -0.4 is 5.32 Å². The number of ether oxygens (including phenoxy) is 1. The zero-order chi connectivity index (χ0) is 14.3. The summed E-state index contributed by atoms with van der Waals surface area (Å²) < 4.78 is 28.2. The third-order valence-corrected chi connectivity index (χ3v) is 3.21. The standard InChI is InChI=1S/C12H19F2NO4/c13-10(14)7-19-6-5-15-11(16)8-3-1-2-4-9(8)12(17)18/h8-10H,1-7H2,(H,15,16)(H,17,18)/t8-,9+/m1/s1. The van der Waals surface area contributed by atoms with Gasteiger partial charge in [-0.25, -0.2) is 8.78 Å². The van der Waals surface area contributed by atoms with Gasteiger partial charge in [0.1, 0.15) is 6.61 Å². The Bertz CT molecular complexity index is 312. The highest BCUT2D eigenvalue weighted by Crippen LogP contribution is 2.30. The van der Waals surface area contributed by atoms with Crippen molar-refractivity contribution < 1.29 is 28.2 Å². The van der Waals surface area contributed by atoms with E-state index in [9.17, 15) is 18.4 Å². The van der Waals surface area contributed by atoms with Gasteiger partial charge in [-0.05, 0) is 12.8 Å². The van der Waals surface area contributed by atoms with Gasteiger partial charge in [0, 0.05) is 6.54 Å². The van der Waals surface area contributed by atoms with Crippen LogP contribution in [0.5, 0.6) is 0 Å². The lowest BCUT2D eigenvalue weighted by atomic mass is 9.79. The molecule has 2 atom stereocenters. The molecule has 2 N–H and O–H groups in total. The van der Waals surface area contributed by atoms with E-state index in [0.29, 0.717) is 12.8 Å². The molecule has 1 amide bonds. The fourth-order valence-corrected chi connectivity index (χ4v) is 2.29.